The third kappa shape index (κ3) is 4.06. The molecule has 0 radical (unpaired) electrons. The van der Waals surface area contributed by atoms with Gasteiger partial charge < -0.3 is 10.6 Å². The van der Waals surface area contributed by atoms with Crippen LogP contribution in [0.5, 0.6) is 0 Å². The fourth-order valence-electron chi connectivity index (χ4n) is 2.43. The minimum atomic E-state index is 0.557. The Bertz CT molecular complexity index is 962. The summed E-state index contributed by atoms with van der Waals surface area (Å²) < 4.78 is 0. The van der Waals surface area contributed by atoms with Crippen LogP contribution in [-0.2, 0) is 0 Å². The van der Waals surface area contributed by atoms with Crippen molar-refractivity contribution in [1.29, 1.82) is 5.26 Å². The number of nitrogens with one attached hydrogen (secondary N) is 2. The Kier molecular flexibility index (Phi) is 4.82. The number of hydrogen-bond donors (Lipinski definition) is 2. The third-order valence-electron chi connectivity index (χ3n) is 3.60. The third-order valence-corrected chi connectivity index (χ3v) is 3.83. The van der Waals surface area contributed by atoms with Crippen molar-refractivity contribution >= 4 is 34.6 Å². The Morgan fingerprint density at radius 2 is 1.60 bits per heavy atom. The van der Waals surface area contributed by atoms with Crippen molar-refractivity contribution in [3.05, 3.63) is 70.5 Å². The standard InChI is InChI=1S/C19H16ClN5/c1-12-9-15(20)7-8-16(12)24-18-10-19(23-13(2)22-18)25-17-6-4-3-5-14(17)11-21/h3-10H,1-2H3,(H2,22,23,24,25). The molecule has 0 atom stereocenters. The zero-order chi connectivity index (χ0) is 17.8. The Morgan fingerprint density at radius 3 is 2.28 bits per heavy atom. The second kappa shape index (κ2) is 7.20. The van der Waals surface area contributed by atoms with Gasteiger partial charge in [-0.05, 0) is 49.7 Å². The highest BCUT2D eigenvalue weighted by Gasteiger charge is 2.07. The fourth-order valence-corrected chi connectivity index (χ4v) is 2.66. The first kappa shape index (κ1) is 16.7. The lowest BCUT2D eigenvalue weighted by molar-refractivity contribution is 1.06. The normalized spacial score (nSPS) is 10.2. The van der Waals surface area contributed by atoms with Gasteiger partial charge in [0.25, 0.3) is 0 Å². The van der Waals surface area contributed by atoms with Crippen LogP contribution in [0.3, 0.4) is 0 Å². The smallest absolute Gasteiger partial charge is 0.136 e. The number of rotatable bonds is 4. The van der Waals surface area contributed by atoms with Crippen LogP contribution in [0, 0.1) is 25.2 Å². The topological polar surface area (TPSA) is 73.6 Å². The van der Waals surface area contributed by atoms with Crippen LogP contribution in [0.2, 0.25) is 5.02 Å². The van der Waals surface area contributed by atoms with E-state index < -0.39 is 0 Å². The van der Waals surface area contributed by atoms with Gasteiger partial charge in [-0.1, -0.05) is 23.7 Å². The van der Waals surface area contributed by atoms with Gasteiger partial charge in [0.2, 0.25) is 0 Å². The molecule has 0 aliphatic carbocycles. The lowest BCUT2D eigenvalue weighted by Crippen LogP contribution is -2.03. The maximum Gasteiger partial charge on any atom is 0.136 e. The molecule has 0 unspecified atom stereocenters. The van der Waals surface area contributed by atoms with Gasteiger partial charge in [0.15, 0.2) is 0 Å². The number of aromatic nitrogens is 2. The fraction of sp³-hybridized carbons (Fsp3) is 0.105. The Labute approximate surface area is 151 Å². The van der Waals surface area contributed by atoms with Crippen molar-refractivity contribution < 1.29 is 0 Å². The molecule has 0 aliphatic heterocycles. The molecule has 0 saturated heterocycles. The van der Waals surface area contributed by atoms with Gasteiger partial charge in [-0.3, -0.25) is 0 Å². The van der Waals surface area contributed by atoms with Gasteiger partial charge in [0.1, 0.15) is 23.5 Å². The molecule has 3 rings (SSSR count). The second-order valence-electron chi connectivity index (χ2n) is 5.55. The maximum absolute atomic E-state index is 9.21. The van der Waals surface area contributed by atoms with Crippen molar-refractivity contribution in [2.24, 2.45) is 0 Å². The summed E-state index contributed by atoms with van der Waals surface area (Å²) in [6.45, 7) is 3.80. The molecule has 0 fully saturated rings. The summed E-state index contributed by atoms with van der Waals surface area (Å²) in [5, 5.41) is 16.4. The van der Waals surface area contributed by atoms with Crippen molar-refractivity contribution in [3.63, 3.8) is 0 Å². The summed E-state index contributed by atoms with van der Waals surface area (Å²) in [6.07, 6.45) is 0. The molecular formula is C19H16ClN5. The molecular weight excluding hydrogens is 334 g/mol. The first-order valence-electron chi connectivity index (χ1n) is 7.70. The van der Waals surface area contributed by atoms with Gasteiger partial charge in [0.05, 0.1) is 11.3 Å². The monoisotopic (exact) mass is 349 g/mol. The number of halogens is 1. The van der Waals surface area contributed by atoms with E-state index in [0.29, 0.717) is 33.7 Å². The summed E-state index contributed by atoms with van der Waals surface area (Å²) in [5.41, 5.74) is 3.21. The molecule has 0 saturated carbocycles. The van der Waals surface area contributed by atoms with E-state index in [1.807, 2.05) is 50.2 Å². The highest BCUT2D eigenvalue weighted by atomic mass is 35.5. The molecule has 0 bridgehead atoms. The van der Waals surface area contributed by atoms with E-state index in [4.69, 9.17) is 11.6 Å². The summed E-state index contributed by atoms with van der Waals surface area (Å²) in [5.74, 6) is 1.90. The Hall–Kier alpha value is -3.10. The average Bonchev–Trinajstić information content (AvgIpc) is 2.57. The molecule has 124 valence electrons. The van der Waals surface area contributed by atoms with E-state index in [-0.39, 0.29) is 0 Å². The van der Waals surface area contributed by atoms with Crippen LogP contribution in [0.4, 0.5) is 23.0 Å². The van der Waals surface area contributed by atoms with Crippen LogP contribution in [0.1, 0.15) is 17.0 Å². The van der Waals surface area contributed by atoms with Gasteiger partial charge in [-0.25, -0.2) is 9.97 Å². The van der Waals surface area contributed by atoms with E-state index >= 15 is 0 Å². The first-order valence-corrected chi connectivity index (χ1v) is 8.08. The second-order valence-corrected chi connectivity index (χ2v) is 5.99. The molecule has 0 spiro atoms. The van der Waals surface area contributed by atoms with Gasteiger partial charge in [-0.2, -0.15) is 5.26 Å². The van der Waals surface area contributed by atoms with Gasteiger partial charge >= 0.3 is 0 Å². The number of para-hydroxylation sites is 1. The molecule has 6 heteroatoms. The highest BCUT2D eigenvalue weighted by molar-refractivity contribution is 6.30. The summed E-state index contributed by atoms with van der Waals surface area (Å²) >= 11 is 6.00. The number of benzene rings is 2. The molecule has 1 aromatic heterocycles. The number of nitrogens with zero attached hydrogens (tertiary/aromatic N) is 3. The Balaban J connectivity index is 1.89. The highest BCUT2D eigenvalue weighted by Crippen LogP contribution is 2.25. The predicted octanol–water partition coefficient (Wildman–Crippen LogP) is 5.11. The van der Waals surface area contributed by atoms with E-state index in [0.717, 1.165) is 11.3 Å². The molecule has 2 N–H and O–H groups in total. The first-order chi connectivity index (χ1) is 12.0. The van der Waals surface area contributed by atoms with Crippen molar-refractivity contribution in [1.82, 2.24) is 9.97 Å². The van der Waals surface area contributed by atoms with Crippen LogP contribution in [0.25, 0.3) is 0 Å². The summed E-state index contributed by atoms with van der Waals surface area (Å²) in [6, 6.07) is 16.9. The zero-order valence-corrected chi connectivity index (χ0v) is 14.6. The van der Waals surface area contributed by atoms with Crippen LogP contribution < -0.4 is 10.6 Å². The molecule has 25 heavy (non-hydrogen) atoms. The molecule has 0 aliphatic rings. The lowest BCUT2D eigenvalue weighted by atomic mass is 10.2. The number of nitriles is 1. The summed E-state index contributed by atoms with van der Waals surface area (Å²) in [4.78, 5) is 8.81. The maximum atomic E-state index is 9.21. The molecule has 3 aromatic rings. The number of anilines is 4. The van der Waals surface area contributed by atoms with Crippen LogP contribution in [-0.4, -0.2) is 9.97 Å². The van der Waals surface area contributed by atoms with Gasteiger partial charge in [-0.15, -0.1) is 0 Å². The van der Waals surface area contributed by atoms with Gasteiger partial charge in [0, 0.05) is 16.8 Å². The van der Waals surface area contributed by atoms with E-state index in [1.165, 1.54) is 0 Å². The molecule has 0 amide bonds. The molecule has 2 aromatic carbocycles. The Morgan fingerprint density at radius 1 is 0.920 bits per heavy atom. The van der Waals surface area contributed by atoms with Crippen molar-refractivity contribution in [2.75, 3.05) is 10.6 Å². The zero-order valence-electron chi connectivity index (χ0n) is 13.8. The van der Waals surface area contributed by atoms with E-state index in [9.17, 15) is 5.26 Å². The SMILES string of the molecule is Cc1nc(Nc2ccc(Cl)cc2C)cc(Nc2ccccc2C#N)n1. The average molecular weight is 350 g/mol. The number of aryl methyl sites for hydroxylation is 2. The molecule has 1 heterocycles. The largest absolute Gasteiger partial charge is 0.340 e. The van der Waals surface area contributed by atoms with Crippen LogP contribution in [0.15, 0.2) is 48.5 Å². The summed E-state index contributed by atoms with van der Waals surface area (Å²) in [7, 11) is 0. The lowest BCUT2D eigenvalue weighted by Gasteiger charge is -2.12. The predicted molar refractivity (Wildman–Crippen MR) is 101 cm³/mol. The van der Waals surface area contributed by atoms with E-state index in [2.05, 4.69) is 26.7 Å². The number of hydrogen-bond acceptors (Lipinski definition) is 5. The van der Waals surface area contributed by atoms with E-state index in [1.54, 1.807) is 12.1 Å². The minimum absolute atomic E-state index is 0.557. The van der Waals surface area contributed by atoms with Crippen molar-refractivity contribution in [2.45, 2.75) is 13.8 Å². The van der Waals surface area contributed by atoms with Crippen LogP contribution >= 0.6 is 11.6 Å². The minimum Gasteiger partial charge on any atom is -0.340 e. The quantitative estimate of drug-likeness (QED) is 0.685. The van der Waals surface area contributed by atoms with Crippen molar-refractivity contribution in [3.8, 4) is 6.07 Å². The molecule has 5 nitrogen and oxygen atoms in total.